The number of rotatable bonds is 2. The Kier molecular flexibility index (Phi) is 2.61. The topological polar surface area (TPSA) is 26.3 Å². The second-order valence-corrected chi connectivity index (χ2v) is 4.95. The van der Waals surface area contributed by atoms with E-state index in [1.54, 1.807) is 0 Å². The summed E-state index contributed by atoms with van der Waals surface area (Å²) in [5, 5.41) is 0. The first-order chi connectivity index (χ1) is 8.22. The van der Waals surface area contributed by atoms with Crippen LogP contribution < -0.4 is 4.74 Å². The summed E-state index contributed by atoms with van der Waals surface area (Å²) in [6.07, 6.45) is 5.46. The monoisotopic (exact) mass is 233 g/mol. The fraction of sp³-hybridized carbons (Fsp3) is 0.429. The lowest BCUT2D eigenvalue weighted by atomic mass is 9.89. The molecule has 2 aliphatic carbocycles. The second kappa shape index (κ2) is 4.13. The Hall–Kier alpha value is -1.38. The molecule has 1 aromatic rings. The minimum absolute atomic E-state index is 0.0128. The number of benzene rings is 1. The second-order valence-electron chi connectivity index (χ2n) is 4.95. The number of halogens is 1. The van der Waals surface area contributed by atoms with E-state index in [-0.39, 0.29) is 17.7 Å². The molecule has 2 saturated carbocycles. The van der Waals surface area contributed by atoms with E-state index < -0.39 is 0 Å². The van der Waals surface area contributed by atoms with E-state index in [1.165, 1.54) is 24.3 Å². The summed E-state index contributed by atoms with van der Waals surface area (Å²) in [6, 6.07) is 5.58. The molecule has 1 aromatic carbocycles. The van der Waals surface area contributed by atoms with Crippen LogP contribution in [0.5, 0.6) is 5.75 Å². The first kappa shape index (κ1) is 10.8. The summed E-state index contributed by atoms with van der Waals surface area (Å²) in [7, 11) is 0. The average Bonchev–Trinajstić information content (AvgIpc) is 2.94. The molecule has 2 fully saturated rings. The highest BCUT2D eigenvalue weighted by molar-refractivity contribution is 5.76. The molecule has 2 nitrogen and oxygen atoms in total. The van der Waals surface area contributed by atoms with Crippen molar-refractivity contribution >= 4 is 5.97 Å². The van der Waals surface area contributed by atoms with Crippen molar-refractivity contribution < 1.29 is 13.9 Å². The Morgan fingerprint density at radius 3 is 2.59 bits per heavy atom. The molecule has 0 aromatic heterocycles. The van der Waals surface area contributed by atoms with Gasteiger partial charge in [-0.25, -0.2) is 4.39 Å². The van der Waals surface area contributed by atoms with E-state index >= 15 is 0 Å². The Morgan fingerprint density at radius 2 is 2.00 bits per heavy atom. The zero-order chi connectivity index (χ0) is 11.8. The molecule has 0 spiro atoms. The normalized spacial score (nSPS) is 30.5. The molecule has 0 aliphatic heterocycles. The summed E-state index contributed by atoms with van der Waals surface area (Å²) in [6.45, 7) is 0. The van der Waals surface area contributed by atoms with Gasteiger partial charge in [-0.3, -0.25) is 4.79 Å². The maximum absolute atomic E-state index is 12.7. The van der Waals surface area contributed by atoms with E-state index in [0.29, 0.717) is 17.6 Å². The minimum atomic E-state index is -0.321. The van der Waals surface area contributed by atoms with Crippen molar-refractivity contribution in [3.8, 4) is 5.75 Å². The van der Waals surface area contributed by atoms with E-state index in [2.05, 4.69) is 6.42 Å². The molecule has 3 unspecified atom stereocenters. The number of hydrogen-bond acceptors (Lipinski definition) is 2. The van der Waals surface area contributed by atoms with Gasteiger partial charge < -0.3 is 4.74 Å². The van der Waals surface area contributed by atoms with Gasteiger partial charge in [-0.05, 0) is 61.8 Å². The number of carbonyl (C=O) groups is 1. The van der Waals surface area contributed by atoms with Gasteiger partial charge >= 0.3 is 5.97 Å². The van der Waals surface area contributed by atoms with Gasteiger partial charge in [0.15, 0.2) is 0 Å². The molecular weight excluding hydrogens is 219 g/mol. The Labute approximate surface area is 99.8 Å². The van der Waals surface area contributed by atoms with Gasteiger partial charge in [0.25, 0.3) is 0 Å². The van der Waals surface area contributed by atoms with Crippen LogP contribution in [0.3, 0.4) is 0 Å². The fourth-order valence-electron chi connectivity index (χ4n) is 2.96. The maximum atomic E-state index is 12.7. The molecule has 3 heteroatoms. The van der Waals surface area contributed by atoms with Crippen LogP contribution in [-0.4, -0.2) is 5.97 Å². The smallest absolute Gasteiger partial charge is 0.314 e. The summed E-state index contributed by atoms with van der Waals surface area (Å²) < 4.78 is 18.0. The van der Waals surface area contributed by atoms with Crippen molar-refractivity contribution in [2.45, 2.75) is 19.3 Å². The highest BCUT2D eigenvalue weighted by Gasteiger charge is 2.44. The van der Waals surface area contributed by atoms with E-state index in [1.807, 2.05) is 0 Å². The van der Waals surface area contributed by atoms with Gasteiger partial charge in [-0.15, -0.1) is 0 Å². The lowest BCUT2D eigenvalue weighted by Crippen LogP contribution is -2.25. The molecule has 89 valence electrons. The molecule has 0 N–H and O–H groups in total. The minimum Gasteiger partial charge on any atom is -0.426 e. The average molecular weight is 233 g/mol. The third kappa shape index (κ3) is 2.06. The molecule has 0 saturated heterocycles. The Bertz CT molecular complexity index is 426. The number of ether oxygens (including phenoxy) is 1. The highest BCUT2D eigenvalue weighted by atomic mass is 19.1. The number of fused-ring (bicyclic) bond motifs is 2. The molecule has 3 rings (SSSR count). The number of carbonyl (C=O) groups excluding carboxylic acids is 1. The van der Waals surface area contributed by atoms with Gasteiger partial charge in [0.1, 0.15) is 11.6 Å². The first-order valence-electron chi connectivity index (χ1n) is 6.03. The molecule has 2 bridgehead atoms. The molecule has 0 amide bonds. The van der Waals surface area contributed by atoms with Crippen molar-refractivity contribution in [1.82, 2.24) is 0 Å². The summed E-state index contributed by atoms with van der Waals surface area (Å²) in [5.41, 5.74) is 0. The summed E-state index contributed by atoms with van der Waals surface area (Å²) >= 11 is 0. The van der Waals surface area contributed by atoms with Crippen molar-refractivity contribution in [2.75, 3.05) is 0 Å². The highest BCUT2D eigenvalue weighted by Crippen LogP contribution is 2.48. The fourth-order valence-corrected chi connectivity index (χ4v) is 2.96. The summed E-state index contributed by atoms with van der Waals surface area (Å²) in [5.74, 6) is 1.02. The van der Waals surface area contributed by atoms with E-state index in [4.69, 9.17) is 4.74 Å². The molecule has 2 aliphatic rings. The molecule has 1 radical (unpaired) electrons. The van der Waals surface area contributed by atoms with Crippen LogP contribution in [0.2, 0.25) is 0 Å². The van der Waals surface area contributed by atoms with Crippen LogP contribution in [0.1, 0.15) is 19.3 Å². The predicted molar refractivity (Wildman–Crippen MR) is 60.7 cm³/mol. The van der Waals surface area contributed by atoms with Crippen molar-refractivity contribution in [3.05, 3.63) is 36.5 Å². The van der Waals surface area contributed by atoms with Gasteiger partial charge in [0.05, 0.1) is 5.92 Å². The van der Waals surface area contributed by atoms with Crippen LogP contribution in [0.4, 0.5) is 4.39 Å². The van der Waals surface area contributed by atoms with Crippen LogP contribution >= 0.6 is 0 Å². The van der Waals surface area contributed by atoms with Crippen LogP contribution in [-0.2, 0) is 4.79 Å². The molecule has 17 heavy (non-hydrogen) atoms. The first-order valence-corrected chi connectivity index (χ1v) is 6.03. The van der Waals surface area contributed by atoms with Gasteiger partial charge in [0.2, 0.25) is 0 Å². The Balaban J connectivity index is 1.65. The standard InChI is InChI=1S/C14H14FO2/c15-11-3-5-12(6-4-11)17-14(16)13-8-9-1-2-10(13)7-9/h2-6,9-10,13H,1,7-8H2. The number of esters is 1. The molecule has 3 atom stereocenters. The third-order valence-corrected chi connectivity index (χ3v) is 3.82. The summed E-state index contributed by atoms with van der Waals surface area (Å²) in [4.78, 5) is 12.0. The largest absolute Gasteiger partial charge is 0.426 e. The maximum Gasteiger partial charge on any atom is 0.314 e. The van der Waals surface area contributed by atoms with Crippen LogP contribution in [0.15, 0.2) is 24.3 Å². The Morgan fingerprint density at radius 1 is 1.24 bits per heavy atom. The number of hydrogen-bond donors (Lipinski definition) is 0. The SMILES string of the molecule is O=C(Oc1ccc(F)cc1)C1CC2C[CH]C1C2. The lowest BCUT2D eigenvalue weighted by Gasteiger charge is -2.19. The van der Waals surface area contributed by atoms with Gasteiger partial charge in [-0.2, -0.15) is 0 Å². The quantitative estimate of drug-likeness (QED) is 0.580. The van der Waals surface area contributed by atoms with Gasteiger partial charge in [-0.1, -0.05) is 0 Å². The van der Waals surface area contributed by atoms with Crippen LogP contribution in [0.25, 0.3) is 0 Å². The van der Waals surface area contributed by atoms with Gasteiger partial charge in [0, 0.05) is 0 Å². The van der Waals surface area contributed by atoms with Crippen molar-refractivity contribution in [2.24, 2.45) is 17.8 Å². The lowest BCUT2D eigenvalue weighted by molar-refractivity contribution is -0.140. The molecule has 0 heterocycles. The van der Waals surface area contributed by atoms with Crippen molar-refractivity contribution in [3.63, 3.8) is 0 Å². The van der Waals surface area contributed by atoms with E-state index in [0.717, 1.165) is 19.3 Å². The van der Waals surface area contributed by atoms with Crippen LogP contribution in [0, 0.1) is 30.0 Å². The van der Waals surface area contributed by atoms with E-state index in [9.17, 15) is 9.18 Å². The molecular formula is C14H14FO2. The predicted octanol–water partition coefficient (Wildman–Crippen LogP) is 2.98. The zero-order valence-corrected chi connectivity index (χ0v) is 9.43. The zero-order valence-electron chi connectivity index (χ0n) is 9.43. The van der Waals surface area contributed by atoms with Crippen molar-refractivity contribution in [1.29, 1.82) is 0 Å². The third-order valence-electron chi connectivity index (χ3n) is 3.82.